The van der Waals surface area contributed by atoms with Gasteiger partial charge in [-0.3, -0.25) is 10.1 Å². The predicted octanol–water partition coefficient (Wildman–Crippen LogP) is 4.45. The van der Waals surface area contributed by atoms with E-state index in [0.717, 1.165) is 12.4 Å². The normalized spacial score (nSPS) is 11.3. The highest BCUT2D eigenvalue weighted by Crippen LogP contribution is 2.37. The molecule has 11 heteroatoms. The van der Waals surface area contributed by atoms with Crippen LogP contribution in [0.15, 0.2) is 24.5 Å². The van der Waals surface area contributed by atoms with Crippen LogP contribution in [0, 0.1) is 10.1 Å². The topological polar surface area (TPSA) is 81.0 Å². The quantitative estimate of drug-likeness (QED) is 0.501. The van der Waals surface area contributed by atoms with E-state index in [-0.39, 0.29) is 11.5 Å². The second-order valence-electron chi connectivity index (χ2n) is 3.94. The van der Waals surface area contributed by atoms with Gasteiger partial charge in [0.05, 0.1) is 15.5 Å². The van der Waals surface area contributed by atoms with Crippen molar-refractivity contribution in [3.05, 3.63) is 50.4 Å². The van der Waals surface area contributed by atoms with E-state index in [9.17, 15) is 23.3 Å². The molecule has 6 nitrogen and oxygen atoms in total. The first-order chi connectivity index (χ1) is 10.2. The number of halogens is 5. The Hall–Kier alpha value is -2.13. The van der Waals surface area contributed by atoms with Gasteiger partial charge < -0.3 is 5.32 Å². The number of hydrogen-bond acceptors (Lipinski definition) is 5. The van der Waals surface area contributed by atoms with E-state index in [1.165, 1.54) is 6.07 Å². The minimum Gasteiger partial charge on any atom is -0.334 e. The molecule has 1 aromatic heterocycles. The molecule has 0 radical (unpaired) electrons. The Morgan fingerprint density at radius 2 is 1.91 bits per heavy atom. The van der Waals surface area contributed by atoms with Gasteiger partial charge in [0.2, 0.25) is 11.0 Å². The van der Waals surface area contributed by atoms with Crippen LogP contribution in [0.4, 0.5) is 30.4 Å². The van der Waals surface area contributed by atoms with Crippen LogP contribution in [0.5, 0.6) is 0 Å². The molecule has 0 aliphatic rings. The smallest absolute Gasteiger partial charge is 0.334 e. The average Bonchev–Trinajstić information content (AvgIpc) is 2.39. The van der Waals surface area contributed by atoms with Crippen molar-refractivity contribution in [1.82, 2.24) is 9.97 Å². The number of nitrogens with zero attached hydrogens (tertiary/aromatic N) is 3. The molecule has 0 saturated carbocycles. The number of nitrogens with one attached hydrogen (secondary N) is 1. The summed E-state index contributed by atoms with van der Waals surface area (Å²) in [6.45, 7) is 0. The summed E-state index contributed by atoms with van der Waals surface area (Å²) in [6, 6.07) is 2.95. The molecule has 1 heterocycles. The van der Waals surface area contributed by atoms with Crippen molar-refractivity contribution in [1.29, 1.82) is 0 Å². The molecule has 22 heavy (non-hydrogen) atoms. The van der Waals surface area contributed by atoms with Crippen LogP contribution in [0.25, 0.3) is 0 Å². The van der Waals surface area contributed by atoms with Crippen molar-refractivity contribution in [3.63, 3.8) is 0 Å². The molecular weight excluding hydrogens is 348 g/mol. The van der Waals surface area contributed by atoms with Gasteiger partial charge in [0.15, 0.2) is 0 Å². The fourth-order valence-electron chi connectivity index (χ4n) is 1.57. The summed E-state index contributed by atoms with van der Waals surface area (Å²) >= 11 is 11.1. The Kier molecular flexibility index (Phi) is 4.38. The van der Waals surface area contributed by atoms with Gasteiger partial charge in [-0.2, -0.15) is 13.2 Å². The van der Waals surface area contributed by atoms with Gasteiger partial charge in [-0.05, 0) is 18.2 Å². The van der Waals surface area contributed by atoms with Crippen LogP contribution in [0.2, 0.25) is 10.2 Å². The first-order valence-electron chi connectivity index (χ1n) is 5.49. The highest BCUT2D eigenvalue weighted by Gasteiger charge is 2.33. The highest BCUT2D eigenvalue weighted by molar-refractivity contribution is 6.32. The standard InChI is InChI=1S/C11H5Cl2F3N4O2/c12-7-2-1-5(3-6(7)11(14,15)16)19-10-8(20(21)22)9(13)17-4-18-10/h1-4H,(H,17,18,19). The summed E-state index contributed by atoms with van der Waals surface area (Å²) in [5.74, 6) is -0.333. The zero-order valence-electron chi connectivity index (χ0n) is 10.4. The van der Waals surface area contributed by atoms with Gasteiger partial charge in [0.1, 0.15) is 6.33 Å². The van der Waals surface area contributed by atoms with Crippen LogP contribution in [-0.4, -0.2) is 14.9 Å². The van der Waals surface area contributed by atoms with Gasteiger partial charge >= 0.3 is 11.9 Å². The van der Waals surface area contributed by atoms with Gasteiger partial charge in [-0.25, -0.2) is 9.97 Å². The molecule has 0 aliphatic heterocycles. The van der Waals surface area contributed by atoms with E-state index >= 15 is 0 Å². The number of anilines is 2. The first kappa shape index (κ1) is 16.2. The largest absolute Gasteiger partial charge is 0.417 e. The highest BCUT2D eigenvalue weighted by atomic mass is 35.5. The number of benzene rings is 1. The van der Waals surface area contributed by atoms with Crippen molar-refractivity contribution >= 4 is 40.4 Å². The molecule has 0 aliphatic carbocycles. The molecule has 0 amide bonds. The van der Waals surface area contributed by atoms with Gasteiger partial charge in [-0.15, -0.1) is 0 Å². The van der Waals surface area contributed by atoms with Crippen LogP contribution in [0.1, 0.15) is 5.56 Å². The lowest BCUT2D eigenvalue weighted by Gasteiger charge is -2.12. The summed E-state index contributed by atoms with van der Waals surface area (Å²) in [6.07, 6.45) is -3.72. The van der Waals surface area contributed by atoms with Gasteiger partial charge in [0.25, 0.3) is 0 Å². The van der Waals surface area contributed by atoms with Crippen molar-refractivity contribution in [2.24, 2.45) is 0 Å². The van der Waals surface area contributed by atoms with Crippen molar-refractivity contribution in [2.45, 2.75) is 6.18 Å². The Labute approximate surface area is 131 Å². The third-order valence-electron chi connectivity index (χ3n) is 2.49. The predicted molar refractivity (Wildman–Crippen MR) is 73.4 cm³/mol. The summed E-state index contributed by atoms with van der Waals surface area (Å²) in [5.41, 5.74) is -1.82. The number of rotatable bonds is 3. The van der Waals surface area contributed by atoms with E-state index in [4.69, 9.17) is 23.2 Å². The number of alkyl halides is 3. The molecule has 0 fully saturated rings. The molecule has 0 atom stereocenters. The zero-order valence-corrected chi connectivity index (χ0v) is 11.9. The fraction of sp³-hybridized carbons (Fsp3) is 0.0909. The van der Waals surface area contributed by atoms with E-state index in [0.29, 0.717) is 6.07 Å². The van der Waals surface area contributed by atoms with Crippen molar-refractivity contribution in [2.75, 3.05) is 5.32 Å². The monoisotopic (exact) mass is 352 g/mol. The van der Waals surface area contributed by atoms with E-state index in [1.807, 2.05) is 0 Å². The van der Waals surface area contributed by atoms with Gasteiger partial charge in [0, 0.05) is 5.69 Å². The molecular formula is C11H5Cl2F3N4O2. The Morgan fingerprint density at radius 3 is 2.50 bits per heavy atom. The van der Waals surface area contributed by atoms with Crippen LogP contribution >= 0.6 is 23.2 Å². The van der Waals surface area contributed by atoms with Crippen molar-refractivity contribution in [3.8, 4) is 0 Å². The van der Waals surface area contributed by atoms with Gasteiger partial charge in [-0.1, -0.05) is 23.2 Å². The third kappa shape index (κ3) is 3.37. The molecule has 0 spiro atoms. The van der Waals surface area contributed by atoms with Crippen LogP contribution in [0.3, 0.4) is 0 Å². The lowest BCUT2D eigenvalue weighted by atomic mass is 10.2. The summed E-state index contributed by atoms with van der Waals surface area (Å²) in [5, 5.41) is 12.4. The maximum Gasteiger partial charge on any atom is 0.417 e. The minimum atomic E-state index is -4.66. The Morgan fingerprint density at radius 1 is 1.23 bits per heavy atom. The van der Waals surface area contributed by atoms with Crippen molar-refractivity contribution < 1.29 is 18.1 Å². The molecule has 1 aromatic carbocycles. The number of aromatic nitrogens is 2. The molecule has 2 aromatic rings. The van der Waals surface area contributed by atoms with E-state index < -0.39 is 32.5 Å². The maximum absolute atomic E-state index is 12.8. The first-order valence-corrected chi connectivity index (χ1v) is 6.24. The fourth-order valence-corrected chi connectivity index (χ4v) is 1.99. The zero-order chi connectivity index (χ0) is 16.5. The summed E-state index contributed by atoms with van der Waals surface area (Å²) in [4.78, 5) is 17.1. The Balaban J connectivity index is 2.45. The molecule has 116 valence electrons. The molecule has 0 saturated heterocycles. The summed E-state index contributed by atoms with van der Waals surface area (Å²) in [7, 11) is 0. The second-order valence-corrected chi connectivity index (χ2v) is 4.70. The number of hydrogen-bond donors (Lipinski definition) is 1. The molecule has 0 bridgehead atoms. The number of nitro groups is 1. The molecule has 1 N–H and O–H groups in total. The second kappa shape index (κ2) is 5.93. The lowest BCUT2D eigenvalue weighted by molar-refractivity contribution is -0.384. The lowest BCUT2D eigenvalue weighted by Crippen LogP contribution is -2.07. The van der Waals surface area contributed by atoms with E-state index in [1.54, 1.807) is 0 Å². The van der Waals surface area contributed by atoms with E-state index in [2.05, 4.69) is 15.3 Å². The van der Waals surface area contributed by atoms with Crippen LogP contribution in [-0.2, 0) is 6.18 Å². The molecule has 2 rings (SSSR count). The molecule has 0 unspecified atom stereocenters. The maximum atomic E-state index is 12.8. The SMILES string of the molecule is O=[N+]([O-])c1c(Cl)ncnc1Nc1ccc(Cl)c(C(F)(F)F)c1. The third-order valence-corrected chi connectivity index (χ3v) is 3.10. The van der Waals surface area contributed by atoms with Crippen LogP contribution < -0.4 is 5.32 Å². The Bertz CT molecular complexity index is 740. The summed E-state index contributed by atoms with van der Waals surface area (Å²) < 4.78 is 38.3. The average molecular weight is 353 g/mol. The minimum absolute atomic E-state index is 0.0883.